The van der Waals surface area contributed by atoms with E-state index in [4.69, 9.17) is 23.2 Å². The number of nitrogens with zero attached hydrogens (tertiary/aromatic N) is 2. The summed E-state index contributed by atoms with van der Waals surface area (Å²) in [4.78, 5) is 0. The first-order valence-corrected chi connectivity index (χ1v) is 8.17. The number of halogens is 2. The van der Waals surface area contributed by atoms with Crippen LogP contribution in [0.25, 0.3) is 0 Å². The normalized spacial score (nSPS) is 10.5. The molecule has 0 spiro atoms. The summed E-state index contributed by atoms with van der Waals surface area (Å²) in [6.07, 6.45) is 0. The summed E-state index contributed by atoms with van der Waals surface area (Å²) in [5.41, 5.74) is 3.80. The second kappa shape index (κ2) is 7.07. The fraction of sp³-hybridized carbons (Fsp3) is 0.111. The van der Waals surface area contributed by atoms with Gasteiger partial charge in [0, 0.05) is 21.4 Å². The molecule has 0 radical (unpaired) electrons. The van der Waals surface area contributed by atoms with Gasteiger partial charge >= 0.3 is 0 Å². The number of benzene rings is 2. The summed E-state index contributed by atoms with van der Waals surface area (Å²) in [6, 6.07) is 15.2. The number of nitrogens with one attached hydrogen (secondary N) is 2. The van der Waals surface area contributed by atoms with Gasteiger partial charge < -0.3 is 10.6 Å². The molecule has 0 amide bonds. The molecule has 2 N–H and O–H groups in total. The van der Waals surface area contributed by atoms with Crippen LogP contribution in [0.2, 0.25) is 10.0 Å². The Morgan fingerprint density at radius 3 is 1.42 bits per heavy atom. The fourth-order valence-corrected chi connectivity index (χ4v) is 2.46. The van der Waals surface area contributed by atoms with Gasteiger partial charge in [-0.15, -0.1) is 10.2 Å². The highest BCUT2D eigenvalue weighted by molar-refractivity contribution is 6.31. The molecule has 3 aromatic rings. The molecule has 0 aliphatic heterocycles. The molecule has 24 heavy (non-hydrogen) atoms. The van der Waals surface area contributed by atoms with Crippen LogP contribution in [0.15, 0.2) is 48.5 Å². The molecule has 0 fully saturated rings. The summed E-state index contributed by atoms with van der Waals surface area (Å²) < 4.78 is 0. The third kappa shape index (κ3) is 3.96. The van der Waals surface area contributed by atoms with E-state index in [0.29, 0.717) is 21.7 Å². The molecule has 3 rings (SSSR count). The van der Waals surface area contributed by atoms with Crippen molar-refractivity contribution >= 4 is 46.2 Å². The summed E-state index contributed by atoms with van der Waals surface area (Å²) in [5, 5.41) is 16.1. The standard InChI is InChI=1S/C18H16Cl2N4/c1-11-3-5-13(9-15(11)19)21-17-7-8-18(24-23-17)22-14-6-4-12(2)16(20)10-14/h3-10H,1-2H3,(H,21,23)(H,22,24). The summed E-state index contributed by atoms with van der Waals surface area (Å²) in [7, 11) is 0. The number of rotatable bonds is 4. The summed E-state index contributed by atoms with van der Waals surface area (Å²) >= 11 is 12.2. The fourth-order valence-electron chi connectivity index (χ4n) is 2.10. The minimum absolute atomic E-state index is 0.641. The van der Waals surface area contributed by atoms with Crippen molar-refractivity contribution in [2.75, 3.05) is 10.6 Å². The van der Waals surface area contributed by atoms with Gasteiger partial charge in [-0.3, -0.25) is 0 Å². The summed E-state index contributed by atoms with van der Waals surface area (Å²) in [5.74, 6) is 1.28. The van der Waals surface area contributed by atoms with Gasteiger partial charge in [0.25, 0.3) is 0 Å². The Balaban J connectivity index is 1.70. The van der Waals surface area contributed by atoms with Crippen LogP contribution < -0.4 is 10.6 Å². The number of aryl methyl sites for hydroxylation is 2. The van der Waals surface area contributed by atoms with Crippen molar-refractivity contribution in [1.82, 2.24) is 10.2 Å². The van der Waals surface area contributed by atoms with Crippen LogP contribution in [-0.4, -0.2) is 10.2 Å². The number of hydrogen-bond donors (Lipinski definition) is 2. The quantitative estimate of drug-likeness (QED) is 0.610. The first-order chi connectivity index (χ1) is 11.5. The predicted octanol–water partition coefficient (Wildman–Crippen LogP) is 5.89. The van der Waals surface area contributed by atoms with Crippen LogP contribution in [0, 0.1) is 13.8 Å². The Morgan fingerprint density at radius 2 is 1.08 bits per heavy atom. The topological polar surface area (TPSA) is 49.8 Å². The Kier molecular flexibility index (Phi) is 4.88. The highest BCUT2D eigenvalue weighted by atomic mass is 35.5. The van der Waals surface area contributed by atoms with Gasteiger partial charge in [-0.2, -0.15) is 0 Å². The molecule has 0 unspecified atom stereocenters. The first kappa shape index (κ1) is 16.6. The maximum absolute atomic E-state index is 6.12. The largest absolute Gasteiger partial charge is 0.339 e. The maximum atomic E-state index is 6.12. The van der Waals surface area contributed by atoms with Crippen molar-refractivity contribution in [1.29, 1.82) is 0 Å². The lowest BCUT2D eigenvalue weighted by atomic mass is 10.2. The number of anilines is 4. The first-order valence-electron chi connectivity index (χ1n) is 7.41. The molecular weight excluding hydrogens is 343 g/mol. The van der Waals surface area contributed by atoms with Gasteiger partial charge in [0.1, 0.15) is 0 Å². The lowest BCUT2D eigenvalue weighted by molar-refractivity contribution is 1.04. The SMILES string of the molecule is Cc1ccc(Nc2ccc(Nc3ccc(C)c(Cl)c3)nn2)cc1Cl. The van der Waals surface area contributed by atoms with Gasteiger partial charge in [0.2, 0.25) is 0 Å². The van der Waals surface area contributed by atoms with Crippen molar-refractivity contribution in [3.05, 3.63) is 69.7 Å². The zero-order valence-electron chi connectivity index (χ0n) is 13.3. The van der Waals surface area contributed by atoms with Crippen LogP contribution >= 0.6 is 23.2 Å². The van der Waals surface area contributed by atoms with E-state index in [2.05, 4.69) is 20.8 Å². The highest BCUT2D eigenvalue weighted by Gasteiger charge is 2.03. The van der Waals surface area contributed by atoms with Crippen molar-refractivity contribution in [3.8, 4) is 0 Å². The molecule has 0 atom stereocenters. The van der Waals surface area contributed by atoms with Crippen LogP contribution in [0.4, 0.5) is 23.0 Å². The van der Waals surface area contributed by atoms with Crippen LogP contribution in [0.3, 0.4) is 0 Å². The highest BCUT2D eigenvalue weighted by Crippen LogP contribution is 2.24. The lowest BCUT2D eigenvalue weighted by Gasteiger charge is -2.09. The Morgan fingerprint density at radius 1 is 0.667 bits per heavy atom. The van der Waals surface area contributed by atoms with Crippen LogP contribution in [0.5, 0.6) is 0 Å². The van der Waals surface area contributed by atoms with Gasteiger partial charge in [-0.25, -0.2) is 0 Å². The van der Waals surface area contributed by atoms with E-state index in [9.17, 15) is 0 Å². The molecular formula is C18H16Cl2N4. The van der Waals surface area contributed by atoms with Crippen LogP contribution in [-0.2, 0) is 0 Å². The monoisotopic (exact) mass is 358 g/mol. The Hall–Kier alpha value is -2.30. The second-order valence-electron chi connectivity index (χ2n) is 5.48. The molecule has 0 aliphatic carbocycles. The predicted molar refractivity (Wildman–Crippen MR) is 101 cm³/mol. The van der Waals surface area contributed by atoms with Gasteiger partial charge in [-0.05, 0) is 61.4 Å². The number of aromatic nitrogens is 2. The molecule has 0 saturated carbocycles. The third-order valence-corrected chi connectivity index (χ3v) is 4.37. The third-order valence-electron chi connectivity index (χ3n) is 3.55. The molecule has 2 aromatic carbocycles. The van der Waals surface area contributed by atoms with Gasteiger partial charge in [-0.1, -0.05) is 35.3 Å². The molecule has 0 bridgehead atoms. The maximum Gasteiger partial charge on any atom is 0.153 e. The molecule has 6 heteroatoms. The van der Waals surface area contributed by atoms with Crippen molar-refractivity contribution in [3.63, 3.8) is 0 Å². The zero-order valence-corrected chi connectivity index (χ0v) is 14.8. The minimum atomic E-state index is 0.641. The average molecular weight is 359 g/mol. The Bertz CT molecular complexity index is 791. The molecule has 1 heterocycles. The van der Waals surface area contributed by atoms with E-state index in [1.54, 1.807) is 0 Å². The van der Waals surface area contributed by atoms with E-state index >= 15 is 0 Å². The lowest BCUT2D eigenvalue weighted by Crippen LogP contribution is -1.99. The van der Waals surface area contributed by atoms with Gasteiger partial charge in [0.15, 0.2) is 11.6 Å². The molecule has 1 aromatic heterocycles. The zero-order chi connectivity index (χ0) is 17.1. The van der Waals surface area contributed by atoms with Gasteiger partial charge in [0.05, 0.1) is 0 Å². The van der Waals surface area contributed by atoms with E-state index in [0.717, 1.165) is 22.5 Å². The molecule has 0 saturated heterocycles. The van der Waals surface area contributed by atoms with Crippen molar-refractivity contribution in [2.24, 2.45) is 0 Å². The molecule has 4 nitrogen and oxygen atoms in total. The van der Waals surface area contributed by atoms with E-state index in [-0.39, 0.29) is 0 Å². The minimum Gasteiger partial charge on any atom is -0.339 e. The second-order valence-corrected chi connectivity index (χ2v) is 6.30. The average Bonchev–Trinajstić information content (AvgIpc) is 2.56. The number of hydrogen-bond acceptors (Lipinski definition) is 4. The summed E-state index contributed by atoms with van der Waals surface area (Å²) in [6.45, 7) is 3.92. The van der Waals surface area contributed by atoms with E-state index < -0.39 is 0 Å². The van der Waals surface area contributed by atoms with E-state index in [1.807, 2.05) is 62.4 Å². The van der Waals surface area contributed by atoms with Crippen molar-refractivity contribution in [2.45, 2.75) is 13.8 Å². The molecule has 122 valence electrons. The molecule has 0 aliphatic rings. The van der Waals surface area contributed by atoms with Crippen molar-refractivity contribution < 1.29 is 0 Å². The van der Waals surface area contributed by atoms with E-state index in [1.165, 1.54) is 0 Å². The smallest absolute Gasteiger partial charge is 0.153 e. The van der Waals surface area contributed by atoms with Crippen LogP contribution in [0.1, 0.15) is 11.1 Å². The Labute approximate surface area is 150 Å².